The molecule has 2 aliphatic rings. The van der Waals surface area contributed by atoms with Crippen molar-refractivity contribution < 1.29 is 4.79 Å². The van der Waals surface area contributed by atoms with E-state index in [1.165, 1.54) is 17.7 Å². The third-order valence-corrected chi connectivity index (χ3v) is 7.21. The lowest BCUT2D eigenvalue weighted by atomic mass is 9.97. The fraction of sp³-hybridized carbons (Fsp3) is 0.739. The summed E-state index contributed by atoms with van der Waals surface area (Å²) in [6, 6.07) is 5.00. The van der Waals surface area contributed by atoms with E-state index in [1.807, 2.05) is 30.1 Å². The molecule has 2 atom stereocenters. The van der Waals surface area contributed by atoms with Crippen LogP contribution in [0.5, 0.6) is 0 Å². The molecular formula is C23H39N5OS. The summed E-state index contributed by atoms with van der Waals surface area (Å²) in [6.45, 7) is 13.9. The van der Waals surface area contributed by atoms with Gasteiger partial charge in [0.15, 0.2) is 5.96 Å². The first kappa shape index (κ1) is 23.1. The second-order valence-electron chi connectivity index (χ2n) is 9.04. The third-order valence-electron chi connectivity index (χ3n) is 6.23. The fourth-order valence-electron chi connectivity index (χ4n) is 4.34. The van der Waals surface area contributed by atoms with Crippen molar-refractivity contribution >= 4 is 23.2 Å². The molecule has 0 aliphatic carbocycles. The number of aliphatic imine (C=N–C) groups is 1. The molecule has 7 heteroatoms. The molecule has 2 N–H and O–H groups in total. The fourth-order valence-corrected chi connectivity index (χ4v) is 5.19. The molecule has 2 unspecified atom stereocenters. The Morgan fingerprint density at radius 1 is 1.27 bits per heavy atom. The van der Waals surface area contributed by atoms with Crippen LogP contribution in [-0.4, -0.2) is 67.0 Å². The summed E-state index contributed by atoms with van der Waals surface area (Å²) in [5.41, 5.74) is 0. The molecule has 6 nitrogen and oxygen atoms in total. The summed E-state index contributed by atoms with van der Waals surface area (Å²) in [6.07, 6.45) is 3.51. The molecule has 1 aromatic heterocycles. The lowest BCUT2D eigenvalue weighted by Gasteiger charge is -2.35. The summed E-state index contributed by atoms with van der Waals surface area (Å²) in [7, 11) is 0. The highest BCUT2D eigenvalue weighted by molar-refractivity contribution is 7.10. The summed E-state index contributed by atoms with van der Waals surface area (Å²) in [4.78, 5) is 23.3. The predicted octanol–water partition coefficient (Wildman–Crippen LogP) is 3.33. The second kappa shape index (κ2) is 11.1. The van der Waals surface area contributed by atoms with Crippen molar-refractivity contribution in [2.24, 2.45) is 16.8 Å². The van der Waals surface area contributed by atoms with E-state index in [2.05, 4.69) is 46.9 Å². The molecule has 0 bridgehead atoms. The number of carbonyl (C=O) groups excluding carboxylic acids is 1. The molecule has 1 amide bonds. The maximum absolute atomic E-state index is 12.3. The molecule has 0 saturated carbocycles. The number of guanidine groups is 1. The van der Waals surface area contributed by atoms with E-state index in [0.29, 0.717) is 6.04 Å². The Bertz CT molecular complexity index is 682. The summed E-state index contributed by atoms with van der Waals surface area (Å²) < 4.78 is 0. The van der Waals surface area contributed by atoms with Crippen LogP contribution in [-0.2, 0) is 4.79 Å². The standard InChI is InChI=1S/C23H39N5OS/c1-5-24-23(26-19-10-13-28(16-19)22(29)17(2)3)25-15-20(21-7-6-14-30-21)27-11-8-18(4)9-12-27/h6-7,14,17-20H,5,8-13,15-16H2,1-4H3,(H2,24,25,26). The van der Waals surface area contributed by atoms with Crippen LogP contribution < -0.4 is 10.6 Å². The predicted molar refractivity (Wildman–Crippen MR) is 126 cm³/mol. The van der Waals surface area contributed by atoms with E-state index in [9.17, 15) is 4.79 Å². The van der Waals surface area contributed by atoms with Crippen molar-refractivity contribution in [3.63, 3.8) is 0 Å². The number of piperidine rings is 1. The van der Waals surface area contributed by atoms with Gasteiger partial charge in [-0.15, -0.1) is 11.3 Å². The summed E-state index contributed by atoms with van der Waals surface area (Å²) in [5.74, 6) is 2.00. The van der Waals surface area contributed by atoms with E-state index in [0.717, 1.165) is 57.6 Å². The maximum atomic E-state index is 12.3. The van der Waals surface area contributed by atoms with Crippen LogP contribution in [0.25, 0.3) is 0 Å². The number of carbonyl (C=O) groups is 1. The summed E-state index contributed by atoms with van der Waals surface area (Å²) in [5, 5.41) is 9.16. The Balaban J connectivity index is 1.64. The van der Waals surface area contributed by atoms with Crippen LogP contribution in [0.2, 0.25) is 0 Å². The van der Waals surface area contributed by atoms with Gasteiger partial charge in [-0.3, -0.25) is 14.7 Å². The number of nitrogens with zero attached hydrogens (tertiary/aromatic N) is 3. The average molecular weight is 434 g/mol. The van der Waals surface area contributed by atoms with E-state index < -0.39 is 0 Å². The average Bonchev–Trinajstić information content (AvgIpc) is 3.41. The Morgan fingerprint density at radius 3 is 2.67 bits per heavy atom. The van der Waals surface area contributed by atoms with Crippen molar-refractivity contribution in [3.05, 3.63) is 22.4 Å². The van der Waals surface area contributed by atoms with Crippen molar-refractivity contribution in [2.75, 3.05) is 39.3 Å². The van der Waals surface area contributed by atoms with E-state index in [4.69, 9.17) is 4.99 Å². The zero-order chi connectivity index (χ0) is 21.5. The van der Waals surface area contributed by atoms with Gasteiger partial charge in [0.05, 0.1) is 12.6 Å². The van der Waals surface area contributed by atoms with Gasteiger partial charge in [-0.2, -0.15) is 0 Å². The van der Waals surface area contributed by atoms with Crippen molar-refractivity contribution in [2.45, 2.75) is 59.0 Å². The Morgan fingerprint density at radius 2 is 2.03 bits per heavy atom. The lowest BCUT2D eigenvalue weighted by Crippen LogP contribution is -2.46. The largest absolute Gasteiger partial charge is 0.357 e. The number of thiophene rings is 1. The highest BCUT2D eigenvalue weighted by Gasteiger charge is 2.29. The molecule has 2 fully saturated rings. The lowest BCUT2D eigenvalue weighted by molar-refractivity contribution is -0.133. The zero-order valence-corrected chi connectivity index (χ0v) is 19.9. The van der Waals surface area contributed by atoms with E-state index >= 15 is 0 Å². The molecule has 0 radical (unpaired) electrons. The van der Waals surface area contributed by atoms with Gasteiger partial charge in [-0.05, 0) is 56.6 Å². The number of hydrogen-bond acceptors (Lipinski definition) is 4. The molecule has 0 spiro atoms. The zero-order valence-electron chi connectivity index (χ0n) is 19.1. The molecule has 2 aliphatic heterocycles. The van der Waals surface area contributed by atoms with Crippen LogP contribution >= 0.6 is 11.3 Å². The van der Waals surface area contributed by atoms with E-state index in [-0.39, 0.29) is 17.9 Å². The Kier molecular flexibility index (Phi) is 8.57. The monoisotopic (exact) mass is 433 g/mol. The first-order chi connectivity index (χ1) is 14.5. The molecule has 0 aromatic carbocycles. The number of hydrogen-bond donors (Lipinski definition) is 2. The van der Waals surface area contributed by atoms with Crippen molar-refractivity contribution in [3.8, 4) is 0 Å². The first-order valence-electron chi connectivity index (χ1n) is 11.6. The SMILES string of the molecule is CCNC(=NCC(c1cccs1)N1CCC(C)CC1)NC1CCN(C(=O)C(C)C)C1. The van der Waals surface area contributed by atoms with E-state index in [1.54, 1.807) is 0 Å². The first-order valence-corrected chi connectivity index (χ1v) is 12.5. The van der Waals surface area contributed by atoms with Gasteiger partial charge in [0.2, 0.25) is 5.91 Å². The minimum absolute atomic E-state index is 0.0597. The second-order valence-corrected chi connectivity index (χ2v) is 10.0. The number of amides is 1. The normalized spacial score (nSPS) is 22.5. The van der Waals surface area contributed by atoms with Crippen LogP contribution in [0.3, 0.4) is 0 Å². The van der Waals surface area contributed by atoms with Crippen LogP contribution in [0.1, 0.15) is 57.9 Å². The molecule has 168 valence electrons. The number of likely N-dealkylation sites (tertiary alicyclic amines) is 2. The number of nitrogens with one attached hydrogen (secondary N) is 2. The molecule has 3 heterocycles. The minimum atomic E-state index is 0.0597. The third kappa shape index (κ3) is 6.20. The topological polar surface area (TPSA) is 60.0 Å². The molecular weight excluding hydrogens is 394 g/mol. The molecule has 30 heavy (non-hydrogen) atoms. The Hall–Kier alpha value is -1.60. The van der Waals surface area contributed by atoms with Gasteiger partial charge in [-0.1, -0.05) is 26.8 Å². The van der Waals surface area contributed by atoms with Crippen molar-refractivity contribution in [1.82, 2.24) is 20.4 Å². The van der Waals surface area contributed by atoms with Gasteiger partial charge in [-0.25, -0.2) is 0 Å². The van der Waals surface area contributed by atoms with Crippen LogP contribution in [0.4, 0.5) is 0 Å². The Labute approximate surface area is 186 Å². The van der Waals surface area contributed by atoms with Crippen LogP contribution in [0, 0.1) is 11.8 Å². The van der Waals surface area contributed by atoms with Gasteiger partial charge in [0, 0.05) is 36.5 Å². The highest BCUT2D eigenvalue weighted by atomic mass is 32.1. The maximum Gasteiger partial charge on any atom is 0.225 e. The highest BCUT2D eigenvalue weighted by Crippen LogP contribution is 2.29. The smallest absolute Gasteiger partial charge is 0.225 e. The summed E-state index contributed by atoms with van der Waals surface area (Å²) >= 11 is 1.83. The molecule has 3 rings (SSSR count). The van der Waals surface area contributed by atoms with Crippen molar-refractivity contribution in [1.29, 1.82) is 0 Å². The van der Waals surface area contributed by atoms with Gasteiger partial charge in [0.25, 0.3) is 0 Å². The van der Waals surface area contributed by atoms with Gasteiger partial charge >= 0.3 is 0 Å². The minimum Gasteiger partial charge on any atom is -0.357 e. The number of rotatable bonds is 7. The van der Waals surface area contributed by atoms with Gasteiger partial charge < -0.3 is 15.5 Å². The quantitative estimate of drug-likeness (QED) is 0.511. The van der Waals surface area contributed by atoms with Crippen LogP contribution in [0.15, 0.2) is 22.5 Å². The molecule has 1 aromatic rings. The molecule has 2 saturated heterocycles. The van der Waals surface area contributed by atoms with Gasteiger partial charge in [0.1, 0.15) is 0 Å².